The van der Waals surface area contributed by atoms with Gasteiger partial charge in [-0.05, 0) is 70.6 Å². The molecule has 0 saturated heterocycles. The Morgan fingerprint density at radius 2 is 1.96 bits per heavy atom. The van der Waals surface area contributed by atoms with E-state index in [9.17, 15) is 4.79 Å². The fourth-order valence-electron chi connectivity index (χ4n) is 2.23. The lowest BCUT2D eigenvalue weighted by Gasteiger charge is -2.12. The van der Waals surface area contributed by atoms with Crippen molar-refractivity contribution >= 4 is 21.9 Å². The zero-order chi connectivity index (χ0) is 17.5. The largest absolute Gasteiger partial charge is 0.494 e. The molecule has 0 aromatic heterocycles. The predicted octanol–water partition coefficient (Wildman–Crippen LogP) is 5.97. The molecule has 2 rings (SSSR count). The van der Waals surface area contributed by atoms with E-state index in [1.54, 1.807) is 18.2 Å². The highest BCUT2D eigenvalue weighted by Crippen LogP contribution is 2.30. The molecule has 0 saturated carbocycles. The summed E-state index contributed by atoms with van der Waals surface area (Å²) in [6, 6.07) is 12.9. The maximum atomic E-state index is 12.4. The Bertz CT molecular complexity index is 697. The molecule has 2 aromatic carbocycles. The number of halogens is 1. The normalized spacial score (nSPS) is 11.8. The van der Waals surface area contributed by atoms with E-state index >= 15 is 0 Å². The Kier molecular flexibility index (Phi) is 6.85. The molecule has 0 fully saturated rings. The minimum atomic E-state index is -0.395. The molecule has 24 heavy (non-hydrogen) atoms. The molecule has 3 nitrogen and oxygen atoms in total. The third-order valence-corrected chi connectivity index (χ3v) is 4.50. The second kappa shape index (κ2) is 8.88. The van der Waals surface area contributed by atoms with E-state index < -0.39 is 5.97 Å². The molecule has 2 aromatic rings. The van der Waals surface area contributed by atoms with Crippen LogP contribution >= 0.6 is 15.9 Å². The standard InChI is InChI=1S/C20H23BrO3/c1-4-11-23-17-8-6-7-16(12-17)20(22)24-19-10-9-15(13-18(19)21)14(3)5-2/h6-10,12-14H,4-5,11H2,1-3H3. The van der Waals surface area contributed by atoms with Crippen molar-refractivity contribution in [2.24, 2.45) is 0 Å². The zero-order valence-corrected chi connectivity index (χ0v) is 15.9. The van der Waals surface area contributed by atoms with E-state index in [2.05, 4.69) is 29.8 Å². The van der Waals surface area contributed by atoms with Crippen molar-refractivity contribution in [1.82, 2.24) is 0 Å². The molecule has 0 aliphatic rings. The molecule has 0 N–H and O–H groups in total. The maximum absolute atomic E-state index is 12.4. The summed E-state index contributed by atoms with van der Waals surface area (Å²) in [7, 11) is 0. The summed E-state index contributed by atoms with van der Waals surface area (Å²) in [5, 5.41) is 0. The van der Waals surface area contributed by atoms with Crippen molar-refractivity contribution in [2.75, 3.05) is 6.61 Å². The van der Waals surface area contributed by atoms with Gasteiger partial charge in [0.15, 0.2) is 0 Å². The van der Waals surface area contributed by atoms with Crippen LogP contribution in [0.4, 0.5) is 0 Å². The summed E-state index contributed by atoms with van der Waals surface area (Å²) < 4.78 is 11.9. The molecule has 0 spiro atoms. The Morgan fingerprint density at radius 1 is 1.17 bits per heavy atom. The van der Waals surface area contributed by atoms with Gasteiger partial charge in [-0.15, -0.1) is 0 Å². The molecule has 1 unspecified atom stereocenters. The van der Waals surface area contributed by atoms with E-state index in [1.807, 2.05) is 31.2 Å². The third kappa shape index (κ3) is 4.84. The highest BCUT2D eigenvalue weighted by molar-refractivity contribution is 9.10. The Labute approximate surface area is 152 Å². The number of ether oxygens (including phenoxy) is 2. The SMILES string of the molecule is CCCOc1cccc(C(=O)Oc2ccc(C(C)CC)cc2Br)c1. The average Bonchev–Trinajstić information content (AvgIpc) is 2.61. The number of rotatable bonds is 7. The van der Waals surface area contributed by atoms with E-state index in [1.165, 1.54) is 5.56 Å². The van der Waals surface area contributed by atoms with Crippen molar-refractivity contribution in [3.05, 3.63) is 58.1 Å². The van der Waals surface area contributed by atoms with Crippen LogP contribution in [0.5, 0.6) is 11.5 Å². The number of benzene rings is 2. The molecule has 0 heterocycles. The second-order valence-electron chi connectivity index (χ2n) is 5.76. The summed E-state index contributed by atoms with van der Waals surface area (Å²) in [5.74, 6) is 1.27. The van der Waals surface area contributed by atoms with Crippen molar-refractivity contribution in [2.45, 2.75) is 39.5 Å². The molecule has 0 radical (unpaired) electrons. The highest BCUT2D eigenvalue weighted by Gasteiger charge is 2.13. The quantitative estimate of drug-likeness (QED) is 0.431. The van der Waals surface area contributed by atoms with Gasteiger partial charge in [0.25, 0.3) is 0 Å². The van der Waals surface area contributed by atoms with E-state index in [-0.39, 0.29) is 0 Å². The smallest absolute Gasteiger partial charge is 0.343 e. The van der Waals surface area contributed by atoms with Crippen LogP contribution in [0.3, 0.4) is 0 Å². The highest BCUT2D eigenvalue weighted by atomic mass is 79.9. The van der Waals surface area contributed by atoms with Crippen LogP contribution in [-0.4, -0.2) is 12.6 Å². The average molecular weight is 391 g/mol. The molecule has 0 aliphatic heterocycles. The van der Waals surface area contributed by atoms with Crippen LogP contribution < -0.4 is 9.47 Å². The minimum absolute atomic E-state index is 0.395. The van der Waals surface area contributed by atoms with Gasteiger partial charge < -0.3 is 9.47 Å². The fraction of sp³-hybridized carbons (Fsp3) is 0.350. The lowest BCUT2D eigenvalue weighted by atomic mass is 9.99. The first-order chi connectivity index (χ1) is 11.5. The number of hydrogen-bond acceptors (Lipinski definition) is 3. The van der Waals surface area contributed by atoms with E-state index in [4.69, 9.17) is 9.47 Å². The first kappa shape index (κ1) is 18.5. The van der Waals surface area contributed by atoms with Gasteiger partial charge in [-0.25, -0.2) is 4.79 Å². The van der Waals surface area contributed by atoms with Crippen LogP contribution in [0, 0.1) is 0 Å². The molecule has 0 amide bonds. The Hall–Kier alpha value is -1.81. The molecule has 128 valence electrons. The zero-order valence-electron chi connectivity index (χ0n) is 14.3. The number of carbonyl (C=O) groups excluding carboxylic acids is 1. The topological polar surface area (TPSA) is 35.5 Å². The minimum Gasteiger partial charge on any atom is -0.494 e. The van der Waals surface area contributed by atoms with Crippen molar-refractivity contribution in [1.29, 1.82) is 0 Å². The third-order valence-electron chi connectivity index (χ3n) is 3.88. The lowest BCUT2D eigenvalue weighted by Crippen LogP contribution is -2.09. The van der Waals surface area contributed by atoms with E-state index in [0.717, 1.165) is 17.3 Å². The van der Waals surface area contributed by atoms with Gasteiger partial charge in [0.2, 0.25) is 0 Å². The summed E-state index contributed by atoms with van der Waals surface area (Å²) in [6.45, 7) is 7.00. The van der Waals surface area contributed by atoms with Gasteiger partial charge in [-0.1, -0.05) is 32.9 Å². The molecular weight excluding hydrogens is 368 g/mol. The number of carbonyl (C=O) groups is 1. The van der Waals surface area contributed by atoms with Crippen molar-refractivity contribution < 1.29 is 14.3 Å². The number of hydrogen-bond donors (Lipinski definition) is 0. The molecule has 4 heteroatoms. The van der Waals surface area contributed by atoms with Gasteiger partial charge in [0.1, 0.15) is 11.5 Å². The van der Waals surface area contributed by atoms with Gasteiger partial charge in [-0.2, -0.15) is 0 Å². The summed E-state index contributed by atoms with van der Waals surface area (Å²) >= 11 is 3.49. The fourth-order valence-corrected chi connectivity index (χ4v) is 2.71. The molecular formula is C20H23BrO3. The molecule has 1 atom stereocenters. The first-order valence-corrected chi connectivity index (χ1v) is 9.09. The van der Waals surface area contributed by atoms with Crippen molar-refractivity contribution in [3.63, 3.8) is 0 Å². The first-order valence-electron chi connectivity index (χ1n) is 8.29. The van der Waals surface area contributed by atoms with Crippen LogP contribution in [-0.2, 0) is 0 Å². The van der Waals surface area contributed by atoms with Gasteiger partial charge in [0, 0.05) is 0 Å². The summed E-state index contributed by atoms with van der Waals surface area (Å²) in [6.07, 6.45) is 1.99. The van der Waals surface area contributed by atoms with E-state index in [0.29, 0.717) is 29.6 Å². The van der Waals surface area contributed by atoms with Crippen LogP contribution in [0.25, 0.3) is 0 Å². The monoisotopic (exact) mass is 390 g/mol. The van der Waals surface area contributed by atoms with Crippen LogP contribution in [0.2, 0.25) is 0 Å². The summed E-state index contributed by atoms with van der Waals surface area (Å²) in [4.78, 5) is 12.4. The molecule has 0 bridgehead atoms. The van der Waals surface area contributed by atoms with Gasteiger partial charge in [-0.3, -0.25) is 0 Å². The second-order valence-corrected chi connectivity index (χ2v) is 6.62. The lowest BCUT2D eigenvalue weighted by molar-refractivity contribution is 0.0733. The predicted molar refractivity (Wildman–Crippen MR) is 100 cm³/mol. The van der Waals surface area contributed by atoms with Crippen LogP contribution in [0.1, 0.15) is 55.5 Å². The maximum Gasteiger partial charge on any atom is 0.343 e. The Morgan fingerprint density at radius 3 is 2.62 bits per heavy atom. The van der Waals surface area contributed by atoms with Crippen molar-refractivity contribution in [3.8, 4) is 11.5 Å². The Balaban J connectivity index is 2.12. The molecule has 0 aliphatic carbocycles. The summed E-state index contributed by atoms with van der Waals surface area (Å²) in [5.41, 5.74) is 1.70. The van der Waals surface area contributed by atoms with Gasteiger partial charge in [0.05, 0.1) is 16.6 Å². The van der Waals surface area contributed by atoms with Gasteiger partial charge >= 0.3 is 5.97 Å². The van der Waals surface area contributed by atoms with Crippen LogP contribution in [0.15, 0.2) is 46.9 Å². The number of esters is 1.